The van der Waals surface area contributed by atoms with Crippen LogP contribution in [0.15, 0.2) is 18.3 Å². The molecule has 2 aliphatic rings. The quantitative estimate of drug-likeness (QED) is 0.531. The smallest absolute Gasteiger partial charge is 0.307 e. The van der Waals surface area contributed by atoms with Gasteiger partial charge < -0.3 is 20.4 Å². The van der Waals surface area contributed by atoms with Gasteiger partial charge in [0, 0.05) is 35.6 Å². The topological polar surface area (TPSA) is 85.7 Å². The van der Waals surface area contributed by atoms with E-state index < -0.39 is 11.6 Å². The number of nitrogens with zero attached hydrogens (tertiary/aromatic N) is 2. The molecule has 0 radical (unpaired) electrons. The highest BCUT2D eigenvalue weighted by Gasteiger charge is 2.31. The number of benzene rings is 1. The van der Waals surface area contributed by atoms with Crippen molar-refractivity contribution in [2.75, 3.05) is 23.3 Å². The number of anilines is 2. The number of hydrogen-bond acceptors (Lipinski definition) is 5. The molecule has 1 aromatic carbocycles. The summed E-state index contributed by atoms with van der Waals surface area (Å²) < 4.78 is 13.8. The van der Waals surface area contributed by atoms with Gasteiger partial charge in [-0.25, -0.2) is 4.39 Å². The zero-order valence-electron chi connectivity index (χ0n) is 21.4. The Morgan fingerprint density at radius 3 is 2.41 bits per heavy atom. The predicted molar refractivity (Wildman–Crippen MR) is 135 cm³/mol. The van der Waals surface area contributed by atoms with Crippen LogP contribution in [0.1, 0.15) is 77.1 Å². The third-order valence-electron chi connectivity index (χ3n) is 6.44. The number of piperidine rings is 1. The number of aliphatic hydroxyl groups is 1. The summed E-state index contributed by atoms with van der Waals surface area (Å²) in [6, 6.07) is 3.49. The molecule has 3 heterocycles. The first kappa shape index (κ1) is 25.9. The van der Waals surface area contributed by atoms with Gasteiger partial charge in [0.25, 0.3) is 0 Å². The van der Waals surface area contributed by atoms with Crippen LogP contribution in [0.4, 0.5) is 15.8 Å². The van der Waals surface area contributed by atoms with Crippen LogP contribution >= 0.6 is 0 Å². The largest absolute Gasteiger partial charge is 0.481 e. The Balaban J connectivity index is 0.000000588. The summed E-state index contributed by atoms with van der Waals surface area (Å²) in [6.07, 6.45) is 3.36. The van der Waals surface area contributed by atoms with Crippen molar-refractivity contribution < 1.29 is 19.4 Å². The highest BCUT2D eigenvalue weighted by atomic mass is 19.1. The normalized spacial score (nSPS) is 18.7. The SMILES string of the molecule is CC(C)(C)O.Cc1c(CC(=O)O)c(N2CCC(C)(C)CC2)cc2c1N[C@@H](C)c1cc(F)cnc1-2. The lowest BCUT2D eigenvalue weighted by Gasteiger charge is -2.40. The standard InChI is InChI=1S/C23H28FN3O2.C4H10O/c1-13-16(11-20(28)29)19(27-7-5-23(3,4)6-8-27)10-18-21(13)26-14(2)17-9-15(24)12-25-22(17)18;1-4(2,3)5/h9-10,12,14,26H,5-8,11H2,1-4H3,(H,28,29);5H,1-3H3/t14-;/m0./s1. The number of hydrogen-bond donors (Lipinski definition) is 3. The molecule has 3 N–H and O–H groups in total. The molecule has 4 rings (SSSR count). The van der Waals surface area contributed by atoms with Crippen LogP contribution in [0.5, 0.6) is 0 Å². The Kier molecular flexibility index (Phi) is 7.27. The Morgan fingerprint density at radius 2 is 1.85 bits per heavy atom. The maximum atomic E-state index is 13.8. The van der Waals surface area contributed by atoms with Gasteiger partial charge in [0.2, 0.25) is 0 Å². The average molecular weight is 472 g/mol. The van der Waals surface area contributed by atoms with Crippen LogP contribution in [0.25, 0.3) is 11.3 Å². The fourth-order valence-corrected chi connectivity index (χ4v) is 4.53. The molecule has 186 valence electrons. The molecule has 1 atom stereocenters. The monoisotopic (exact) mass is 471 g/mol. The van der Waals surface area contributed by atoms with Gasteiger partial charge in [-0.05, 0) is 76.1 Å². The fraction of sp³-hybridized carbons (Fsp3) is 0.556. The molecule has 2 aromatic rings. The summed E-state index contributed by atoms with van der Waals surface area (Å²) in [4.78, 5) is 18.3. The minimum atomic E-state index is -0.837. The maximum absolute atomic E-state index is 13.8. The number of fused-ring (bicyclic) bond motifs is 3. The molecule has 0 bridgehead atoms. The lowest BCUT2D eigenvalue weighted by molar-refractivity contribution is -0.136. The van der Waals surface area contributed by atoms with Gasteiger partial charge in [0.15, 0.2) is 0 Å². The summed E-state index contributed by atoms with van der Waals surface area (Å²) in [6.45, 7) is 15.5. The summed E-state index contributed by atoms with van der Waals surface area (Å²) in [5.74, 6) is -1.19. The van der Waals surface area contributed by atoms with Crippen molar-refractivity contribution in [3.05, 3.63) is 40.8 Å². The first-order valence-corrected chi connectivity index (χ1v) is 11.9. The summed E-state index contributed by atoms with van der Waals surface area (Å²) in [7, 11) is 0. The molecular formula is C27H38FN3O3. The molecule has 0 spiro atoms. The Hall–Kier alpha value is -2.67. The molecular weight excluding hydrogens is 433 g/mol. The van der Waals surface area contributed by atoms with Gasteiger partial charge in [0.05, 0.1) is 30.0 Å². The van der Waals surface area contributed by atoms with Crippen LogP contribution < -0.4 is 10.2 Å². The maximum Gasteiger partial charge on any atom is 0.307 e. The molecule has 6 nitrogen and oxygen atoms in total. The van der Waals surface area contributed by atoms with E-state index in [1.807, 2.05) is 13.8 Å². The molecule has 1 fully saturated rings. The van der Waals surface area contributed by atoms with Crippen molar-refractivity contribution in [3.63, 3.8) is 0 Å². The zero-order chi connectivity index (χ0) is 25.4. The van der Waals surface area contributed by atoms with E-state index in [1.165, 1.54) is 12.3 Å². The molecule has 1 aromatic heterocycles. The lowest BCUT2D eigenvalue weighted by atomic mass is 9.82. The van der Waals surface area contributed by atoms with E-state index in [4.69, 9.17) is 5.11 Å². The second-order valence-corrected chi connectivity index (χ2v) is 11.3. The number of nitrogens with one attached hydrogen (secondary N) is 1. The van der Waals surface area contributed by atoms with Crippen LogP contribution in [0.3, 0.4) is 0 Å². The summed E-state index contributed by atoms with van der Waals surface area (Å²) in [5, 5.41) is 21.5. The number of halogens is 1. The summed E-state index contributed by atoms with van der Waals surface area (Å²) in [5.41, 5.74) is 5.98. The number of carboxylic acid groups (broad SMARTS) is 1. The molecule has 0 amide bonds. The van der Waals surface area contributed by atoms with Crippen molar-refractivity contribution in [3.8, 4) is 11.3 Å². The van der Waals surface area contributed by atoms with Crippen LogP contribution in [-0.2, 0) is 11.2 Å². The minimum absolute atomic E-state index is 0.0197. The first-order valence-electron chi connectivity index (χ1n) is 11.9. The molecule has 0 aliphatic carbocycles. The van der Waals surface area contributed by atoms with Gasteiger partial charge in [-0.3, -0.25) is 9.78 Å². The third-order valence-corrected chi connectivity index (χ3v) is 6.44. The van der Waals surface area contributed by atoms with Gasteiger partial charge in [-0.1, -0.05) is 13.8 Å². The minimum Gasteiger partial charge on any atom is -0.481 e. The van der Waals surface area contributed by atoms with E-state index in [0.717, 1.165) is 65.3 Å². The van der Waals surface area contributed by atoms with Crippen LogP contribution in [-0.4, -0.2) is 39.9 Å². The van der Waals surface area contributed by atoms with Crippen LogP contribution in [0, 0.1) is 18.2 Å². The van der Waals surface area contributed by atoms with Crippen molar-refractivity contribution in [1.29, 1.82) is 0 Å². The second-order valence-electron chi connectivity index (χ2n) is 11.3. The van der Waals surface area contributed by atoms with Crippen molar-refractivity contribution in [1.82, 2.24) is 4.98 Å². The molecule has 1 saturated heterocycles. The number of carbonyl (C=O) groups is 1. The fourth-order valence-electron chi connectivity index (χ4n) is 4.53. The number of aliphatic carboxylic acids is 1. The first-order chi connectivity index (χ1) is 15.7. The molecule has 7 heteroatoms. The molecule has 0 saturated carbocycles. The van der Waals surface area contributed by atoms with Gasteiger partial charge in [-0.15, -0.1) is 0 Å². The van der Waals surface area contributed by atoms with Gasteiger partial charge in [-0.2, -0.15) is 0 Å². The van der Waals surface area contributed by atoms with Crippen molar-refractivity contribution in [2.45, 2.75) is 79.4 Å². The average Bonchev–Trinajstić information content (AvgIpc) is 2.69. The Bertz CT molecular complexity index is 1060. The molecule has 34 heavy (non-hydrogen) atoms. The van der Waals surface area contributed by atoms with Crippen LogP contribution in [0.2, 0.25) is 0 Å². The predicted octanol–water partition coefficient (Wildman–Crippen LogP) is 5.71. The highest BCUT2D eigenvalue weighted by Crippen LogP contribution is 2.46. The van der Waals surface area contributed by atoms with E-state index in [2.05, 4.69) is 35.1 Å². The zero-order valence-corrected chi connectivity index (χ0v) is 21.4. The summed E-state index contributed by atoms with van der Waals surface area (Å²) >= 11 is 0. The second kappa shape index (κ2) is 9.53. The highest BCUT2D eigenvalue weighted by molar-refractivity contribution is 5.90. The van der Waals surface area contributed by atoms with Gasteiger partial charge in [0.1, 0.15) is 5.82 Å². The molecule has 2 aliphatic heterocycles. The van der Waals surface area contributed by atoms with E-state index >= 15 is 0 Å². The third kappa shape index (κ3) is 6.06. The van der Waals surface area contributed by atoms with E-state index in [0.29, 0.717) is 5.41 Å². The van der Waals surface area contributed by atoms with E-state index in [9.17, 15) is 14.3 Å². The van der Waals surface area contributed by atoms with E-state index in [-0.39, 0.29) is 18.3 Å². The number of aromatic nitrogens is 1. The molecule has 0 unspecified atom stereocenters. The van der Waals surface area contributed by atoms with E-state index in [1.54, 1.807) is 20.8 Å². The Labute approximate surface area is 202 Å². The number of pyridine rings is 1. The van der Waals surface area contributed by atoms with Crippen molar-refractivity contribution >= 4 is 17.3 Å². The van der Waals surface area contributed by atoms with Crippen molar-refractivity contribution in [2.24, 2.45) is 5.41 Å². The Morgan fingerprint density at radius 1 is 1.26 bits per heavy atom. The lowest BCUT2D eigenvalue weighted by Crippen LogP contribution is -2.38. The number of rotatable bonds is 3. The van der Waals surface area contributed by atoms with Gasteiger partial charge >= 0.3 is 5.97 Å². The number of carboxylic acids is 1.